The lowest BCUT2D eigenvalue weighted by molar-refractivity contribution is -0.229. The Morgan fingerprint density at radius 2 is 1.67 bits per heavy atom. The fourth-order valence-corrected chi connectivity index (χ4v) is 9.08. The van der Waals surface area contributed by atoms with E-state index in [4.69, 9.17) is 18.9 Å². The first kappa shape index (κ1) is 38.7. The number of ketones is 2. The van der Waals surface area contributed by atoms with Gasteiger partial charge in [0.25, 0.3) is 0 Å². The molecule has 3 N–H and O–H groups in total. The van der Waals surface area contributed by atoms with Crippen LogP contribution in [0.1, 0.15) is 114 Å². The highest BCUT2D eigenvalue weighted by Gasteiger charge is 2.55. The van der Waals surface area contributed by atoms with Crippen LogP contribution in [0.4, 0.5) is 0 Å². The number of rotatable bonds is 13. The Morgan fingerprint density at radius 3 is 2.21 bits per heavy atom. The highest BCUT2D eigenvalue weighted by Crippen LogP contribution is 2.48. The molecule has 0 aromatic heterocycles. The van der Waals surface area contributed by atoms with Crippen molar-refractivity contribution in [2.24, 2.45) is 35.5 Å². The molecule has 10 nitrogen and oxygen atoms in total. The molecule has 0 radical (unpaired) electrons. The van der Waals surface area contributed by atoms with E-state index >= 15 is 0 Å². The number of cyclic esters (lactones) is 1. The van der Waals surface area contributed by atoms with Crippen LogP contribution < -0.4 is 0 Å². The van der Waals surface area contributed by atoms with Crippen molar-refractivity contribution in [1.82, 2.24) is 0 Å². The van der Waals surface area contributed by atoms with Crippen LogP contribution in [0.15, 0.2) is 23.7 Å². The van der Waals surface area contributed by atoms with Crippen molar-refractivity contribution >= 4 is 17.5 Å². The molecule has 0 aromatic rings. The molecule has 3 saturated heterocycles. The average Bonchev–Trinajstić information content (AvgIpc) is 3.52. The molecule has 0 bridgehead atoms. The smallest absolute Gasteiger partial charge is 0.351 e. The molecule has 0 spiro atoms. The highest BCUT2D eigenvalue weighted by atomic mass is 16.6. The molecule has 4 heterocycles. The lowest BCUT2D eigenvalue weighted by atomic mass is 9.74. The van der Waals surface area contributed by atoms with Gasteiger partial charge in [-0.15, -0.1) is 0 Å². The summed E-state index contributed by atoms with van der Waals surface area (Å²) in [4.78, 5) is 39.4. The van der Waals surface area contributed by atoms with Gasteiger partial charge in [0.1, 0.15) is 11.4 Å². The molecule has 14 atom stereocenters. The minimum Gasteiger partial charge on any atom is -0.504 e. The Kier molecular flexibility index (Phi) is 12.1. The molecule has 0 aromatic carbocycles. The topological polar surface area (TPSA) is 149 Å². The summed E-state index contributed by atoms with van der Waals surface area (Å²) in [7, 11) is 0. The van der Waals surface area contributed by atoms with Crippen LogP contribution in [-0.2, 0) is 33.3 Å². The Bertz CT molecular complexity index is 1260. The van der Waals surface area contributed by atoms with Gasteiger partial charge in [0.2, 0.25) is 0 Å². The quantitative estimate of drug-likeness (QED) is 0.162. The molecule has 48 heavy (non-hydrogen) atoms. The van der Waals surface area contributed by atoms with Crippen molar-refractivity contribution in [3.63, 3.8) is 0 Å². The van der Waals surface area contributed by atoms with Gasteiger partial charge in [-0.25, -0.2) is 4.79 Å². The molecular formula is C38H60O10. The third-order valence-electron chi connectivity index (χ3n) is 12.4. The predicted molar refractivity (Wildman–Crippen MR) is 180 cm³/mol. The molecular weight excluding hydrogens is 616 g/mol. The summed E-state index contributed by atoms with van der Waals surface area (Å²) >= 11 is 0. The summed E-state index contributed by atoms with van der Waals surface area (Å²) in [6, 6.07) is 0. The fraction of sp³-hybridized carbons (Fsp3) is 0.816. The Labute approximate surface area is 286 Å². The van der Waals surface area contributed by atoms with E-state index in [1.165, 1.54) is 0 Å². The molecule has 4 rings (SSSR count). The van der Waals surface area contributed by atoms with Crippen molar-refractivity contribution in [3.8, 4) is 0 Å². The molecule has 0 saturated carbocycles. The summed E-state index contributed by atoms with van der Waals surface area (Å²) in [5.74, 6) is -3.67. The minimum atomic E-state index is -0.995. The molecule has 3 fully saturated rings. The van der Waals surface area contributed by atoms with E-state index in [0.29, 0.717) is 25.7 Å². The predicted octanol–water partition coefficient (Wildman–Crippen LogP) is 5.77. The highest BCUT2D eigenvalue weighted by molar-refractivity contribution is 6.20. The van der Waals surface area contributed by atoms with Crippen LogP contribution in [-0.4, -0.2) is 80.7 Å². The summed E-state index contributed by atoms with van der Waals surface area (Å²) in [6.07, 6.45) is 1.89. The SMILES string of the molecule is C=C1OC(=O)C(C(=O)C[C@H]2O[C@H]([C@H](C)[C@@H](O)[C@@H](C)C(=O)[C@H](CC)[C@H]3O[C@](CC)([C@H]4CC[C@](O)(CC)[C@H](C)O4)C[C@@H]3C)[C@H](C)C[C@H]2C)=C1O. The third-order valence-corrected chi connectivity index (χ3v) is 12.4. The molecule has 10 heteroatoms. The Balaban J connectivity index is 1.44. The van der Waals surface area contributed by atoms with Crippen LogP contribution in [0, 0.1) is 35.5 Å². The van der Waals surface area contributed by atoms with E-state index in [1.807, 2.05) is 41.5 Å². The number of aliphatic hydroxyl groups excluding tert-OH is 2. The van der Waals surface area contributed by atoms with Crippen molar-refractivity contribution in [3.05, 3.63) is 23.7 Å². The van der Waals surface area contributed by atoms with Crippen molar-refractivity contribution in [1.29, 1.82) is 0 Å². The molecule has 0 unspecified atom stereocenters. The number of ether oxygens (including phenoxy) is 4. The summed E-state index contributed by atoms with van der Waals surface area (Å²) < 4.78 is 24.6. The number of hydrogen-bond donors (Lipinski definition) is 3. The van der Waals surface area contributed by atoms with E-state index in [-0.39, 0.29) is 54.0 Å². The summed E-state index contributed by atoms with van der Waals surface area (Å²) in [5, 5.41) is 32.8. The van der Waals surface area contributed by atoms with Gasteiger partial charge in [0, 0.05) is 24.2 Å². The second-order valence-electron chi connectivity index (χ2n) is 15.5. The molecule has 4 aliphatic rings. The first-order valence-corrected chi connectivity index (χ1v) is 18.3. The normalized spacial score (nSPS) is 40.0. The van der Waals surface area contributed by atoms with Gasteiger partial charge in [0.05, 0.1) is 47.8 Å². The Hall–Kier alpha value is -2.11. The molecule has 0 amide bonds. The van der Waals surface area contributed by atoms with E-state index in [9.17, 15) is 29.7 Å². The zero-order valence-corrected chi connectivity index (χ0v) is 30.5. The number of carbonyl (C=O) groups excluding carboxylic acids is 3. The van der Waals surface area contributed by atoms with E-state index in [0.717, 1.165) is 19.3 Å². The maximum atomic E-state index is 14.2. The number of carbonyl (C=O) groups is 3. The van der Waals surface area contributed by atoms with Gasteiger partial charge in [-0.1, -0.05) is 62.0 Å². The Morgan fingerprint density at radius 1 is 1.00 bits per heavy atom. The molecule has 0 aliphatic carbocycles. The third kappa shape index (κ3) is 7.20. The van der Waals surface area contributed by atoms with Gasteiger partial charge in [-0.2, -0.15) is 0 Å². The van der Waals surface area contributed by atoms with Gasteiger partial charge >= 0.3 is 5.97 Å². The second kappa shape index (κ2) is 15.0. The van der Waals surface area contributed by atoms with Crippen LogP contribution >= 0.6 is 0 Å². The summed E-state index contributed by atoms with van der Waals surface area (Å²) in [6.45, 7) is 21.3. The average molecular weight is 677 g/mol. The summed E-state index contributed by atoms with van der Waals surface area (Å²) in [5.41, 5.74) is -1.79. The van der Waals surface area contributed by atoms with Gasteiger partial charge in [0.15, 0.2) is 17.3 Å². The van der Waals surface area contributed by atoms with E-state index < -0.39 is 70.4 Å². The van der Waals surface area contributed by atoms with Gasteiger partial charge in [-0.05, 0) is 69.6 Å². The first-order valence-electron chi connectivity index (χ1n) is 18.3. The maximum absolute atomic E-state index is 14.2. The minimum absolute atomic E-state index is 0.0109. The fourth-order valence-electron chi connectivity index (χ4n) is 9.08. The van der Waals surface area contributed by atoms with Crippen molar-refractivity contribution < 1.29 is 48.7 Å². The van der Waals surface area contributed by atoms with E-state index in [2.05, 4.69) is 20.4 Å². The number of esters is 1. The van der Waals surface area contributed by atoms with Crippen molar-refractivity contribution in [2.45, 2.75) is 162 Å². The number of aliphatic hydroxyl groups is 3. The lowest BCUT2D eigenvalue weighted by Gasteiger charge is -2.47. The monoisotopic (exact) mass is 676 g/mol. The molecule has 4 aliphatic heterocycles. The number of Topliss-reactive ketones (excluding diaryl/α,β-unsaturated/α-hetero) is 2. The van der Waals surface area contributed by atoms with Gasteiger partial charge < -0.3 is 34.3 Å². The largest absolute Gasteiger partial charge is 0.504 e. The van der Waals surface area contributed by atoms with Crippen LogP contribution in [0.2, 0.25) is 0 Å². The first-order chi connectivity index (χ1) is 22.4. The standard InChI is InChI=1S/C38H60O10/c1-11-26(35-21(6)18-38(13-3,48-35)29-14-15-37(44,12-2)25(10)46-29)32(41)22(7)31(40)23(8)34-20(5)16-19(4)28(47-34)17-27(39)30-33(42)24(9)45-36(30)43/h19-23,25-26,28-29,31,34-35,40,42,44H,9,11-18H2,1-8,10H3/t19-,20-,21+,22-,23-,25+,26+,28-,29-,31+,34+,35+,37-,38+/m1/s1. The zero-order chi connectivity index (χ0) is 35.9. The molecule has 272 valence electrons. The van der Waals surface area contributed by atoms with Gasteiger partial charge in [-0.3, -0.25) is 9.59 Å². The zero-order valence-electron chi connectivity index (χ0n) is 30.5. The van der Waals surface area contributed by atoms with Crippen molar-refractivity contribution in [2.75, 3.05) is 0 Å². The van der Waals surface area contributed by atoms with Crippen LogP contribution in [0.3, 0.4) is 0 Å². The van der Waals surface area contributed by atoms with Crippen LogP contribution in [0.5, 0.6) is 0 Å². The van der Waals surface area contributed by atoms with E-state index in [1.54, 1.807) is 6.92 Å². The van der Waals surface area contributed by atoms with Crippen LogP contribution in [0.25, 0.3) is 0 Å². The maximum Gasteiger partial charge on any atom is 0.351 e. The second-order valence-corrected chi connectivity index (χ2v) is 15.5. The number of hydrogen-bond acceptors (Lipinski definition) is 10. The lowest BCUT2D eigenvalue weighted by Crippen LogP contribution is -2.55.